The number of rotatable bonds is 4. The molecule has 1 atom stereocenters. The Kier molecular flexibility index (Phi) is 7.80. The number of morpholine rings is 1. The number of halogens is 1. The first-order chi connectivity index (χ1) is 10.6. The van der Waals surface area contributed by atoms with Gasteiger partial charge in [0.2, 0.25) is 5.91 Å². The molecule has 1 aliphatic rings. The smallest absolute Gasteiger partial charge is 0.321 e. The number of nitrogens with one attached hydrogen (secondary N) is 3. The lowest BCUT2D eigenvalue weighted by Gasteiger charge is -2.22. The van der Waals surface area contributed by atoms with Gasteiger partial charge in [-0.3, -0.25) is 4.79 Å². The average Bonchev–Trinajstić information content (AvgIpc) is 2.53. The number of benzene rings is 1. The Morgan fingerprint density at radius 2 is 2.17 bits per heavy atom. The van der Waals surface area contributed by atoms with Gasteiger partial charge < -0.3 is 25.6 Å². The van der Waals surface area contributed by atoms with Crippen LogP contribution in [0.2, 0.25) is 0 Å². The minimum absolute atomic E-state index is 0. The van der Waals surface area contributed by atoms with Crippen LogP contribution in [0, 0.1) is 0 Å². The molecular weight excluding hydrogens is 320 g/mol. The first-order valence-electron chi connectivity index (χ1n) is 7.22. The third kappa shape index (κ3) is 6.05. The maximum absolute atomic E-state index is 12.0. The molecule has 1 aromatic rings. The molecule has 1 unspecified atom stereocenters. The number of ether oxygens (including phenoxy) is 1. The molecule has 1 aliphatic heterocycles. The van der Waals surface area contributed by atoms with Crippen molar-refractivity contribution >= 4 is 30.0 Å². The minimum atomic E-state index is -0.301. The lowest BCUT2D eigenvalue weighted by Crippen LogP contribution is -2.51. The quantitative estimate of drug-likeness (QED) is 0.756. The Bertz CT molecular complexity index is 533. The van der Waals surface area contributed by atoms with Gasteiger partial charge in [-0.15, -0.1) is 12.4 Å². The highest BCUT2D eigenvalue weighted by Crippen LogP contribution is 2.11. The summed E-state index contributed by atoms with van der Waals surface area (Å²) in [5.74, 6) is -0.0811. The zero-order valence-corrected chi connectivity index (χ0v) is 14.1. The second kappa shape index (κ2) is 9.34. The van der Waals surface area contributed by atoms with Crippen LogP contribution in [0.25, 0.3) is 0 Å². The van der Waals surface area contributed by atoms with Gasteiger partial charge in [-0.05, 0) is 17.7 Å². The fraction of sp³-hybridized carbons (Fsp3) is 0.467. The third-order valence-corrected chi connectivity index (χ3v) is 3.29. The first-order valence-corrected chi connectivity index (χ1v) is 7.22. The molecule has 3 N–H and O–H groups in total. The third-order valence-electron chi connectivity index (χ3n) is 3.29. The number of hydrogen-bond acceptors (Lipinski definition) is 4. The van der Waals surface area contributed by atoms with Gasteiger partial charge >= 0.3 is 6.03 Å². The fourth-order valence-corrected chi connectivity index (χ4v) is 2.04. The second-order valence-electron chi connectivity index (χ2n) is 5.32. The van der Waals surface area contributed by atoms with Crippen molar-refractivity contribution in [2.24, 2.45) is 0 Å². The molecule has 7 nitrogen and oxygen atoms in total. The standard InChI is InChI=1S/C15H22N4O3.ClH/c1-19(2)15(21)18-12-5-3-4-11(8-12)9-17-14(20)13-10-22-7-6-16-13;/h3-5,8,13,16H,6-7,9-10H2,1-2H3,(H,17,20)(H,18,21);1H. The van der Waals surface area contributed by atoms with Gasteiger partial charge in [-0.1, -0.05) is 12.1 Å². The largest absolute Gasteiger partial charge is 0.378 e. The van der Waals surface area contributed by atoms with Crippen LogP contribution in [-0.2, 0) is 16.1 Å². The monoisotopic (exact) mass is 342 g/mol. The molecule has 0 spiro atoms. The molecule has 1 aromatic carbocycles. The summed E-state index contributed by atoms with van der Waals surface area (Å²) >= 11 is 0. The summed E-state index contributed by atoms with van der Waals surface area (Å²) in [6.45, 7) is 2.12. The summed E-state index contributed by atoms with van der Waals surface area (Å²) in [5.41, 5.74) is 1.62. The van der Waals surface area contributed by atoms with Gasteiger partial charge in [-0.2, -0.15) is 0 Å². The number of carbonyl (C=O) groups excluding carboxylic acids is 2. The molecule has 0 bridgehead atoms. The lowest BCUT2D eigenvalue weighted by molar-refractivity contribution is -0.126. The van der Waals surface area contributed by atoms with Gasteiger partial charge in [-0.25, -0.2) is 4.79 Å². The summed E-state index contributed by atoms with van der Waals surface area (Å²) < 4.78 is 5.27. The van der Waals surface area contributed by atoms with E-state index >= 15 is 0 Å². The van der Waals surface area contributed by atoms with Gasteiger partial charge in [0.1, 0.15) is 6.04 Å². The van der Waals surface area contributed by atoms with Crippen LogP contribution in [0.1, 0.15) is 5.56 Å². The van der Waals surface area contributed by atoms with Gasteiger partial charge in [0.05, 0.1) is 13.2 Å². The highest BCUT2D eigenvalue weighted by Gasteiger charge is 2.20. The molecule has 128 valence electrons. The highest BCUT2D eigenvalue weighted by atomic mass is 35.5. The summed E-state index contributed by atoms with van der Waals surface area (Å²) in [5, 5.41) is 8.75. The van der Waals surface area contributed by atoms with Crippen LogP contribution >= 0.6 is 12.4 Å². The van der Waals surface area contributed by atoms with E-state index in [4.69, 9.17) is 4.74 Å². The predicted octanol–water partition coefficient (Wildman–Crippen LogP) is 0.807. The number of anilines is 1. The Morgan fingerprint density at radius 1 is 1.39 bits per heavy atom. The fourth-order valence-electron chi connectivity index (χ4n) is 2.04. The SMILES string of the molecule is CN(C)C(=O)Nc1cccc(CNC(=O)C2COCCN2)c1.Cl. The predicted molar refractivity (Wildman–Crippen MR) is 90.9 cm³/mol. The Morgan fingerprint density at radius 3 is 2.83 bits per heavy atom. The summed E-state index contributed by atoms with van der Waals surface area (Å²) in [6.07, 6.45) is 0. The van der Waals surface area contributed by atoms with E-state index in [2.05, 4.69) is 16.0 Å². The zero-order valence-electron chi connectivity index (χ0n) is 13.3. The van der Waals surface area contributed by atoms with Crippen LogP contribution in [0.15, 0.2) is 24.3 Å². The van der Waals surface area contributed by atoms with Crippen LogP contribution in [0.4, 0.5) is 10.5 Å². The van der Waals surface area contributed by atoms with Crippen molar-refractivity contribution in [3.63, 3.8) is 0 Å². The molecule has 0 saturated carbocycles. The molecule has 1 heterocycles. The van der Waals surface area contributed by atoms with E-state index < -0.39 is 0 Å². The zero-order chi connectivity index (χ0) is 15.9. The number of hydrogen-bond donors (Lipinski definition) is 3. The maximum Gasteiger partial charge on any atom is 0.321 e. The topological polar surface area (TPSA) is 82.7 Å². The van der Waals surface area contributed by atoms with Crippen LogP contribution < -0.4 is 16.0 Å². The molecule has 8 heteroatoms. The summed E-state index contributed by atoms with van der Waals surface area (Å²) in [4.78, 5) is 25.1. The number of urea groups is 1. The molecular formula is C15H23ClN4O3. The molecule has 2 rings (SSSR count). The normalized spacial score (nSPS) is 16.9. The molecule has 3 amide bonds. The van der Waals surface area contributed by atoms with E-state index in [0.717, 1.165) is 5.56 Å². The van der Waals surface area contributed by atoms with E-state index in [9.17, 15) is 9.59 Å². The number of carbonyl (C=O) groups is 2. The van der Waals surface area contributed by atoms with Crippen molar-refractivity contribution in [3.8, 4) is 0 Å². The first kappa shape index (κ1) is 19.2. The van der Waals surface area contributed by atoms with E-state index in [1.807, 2.05) is 24.3 Å². The van der Waals surface area contributed by atoms with Gasteiger partial charge in [0.15, 0.2) is 0 Å². The van der Waals surface area contributed by atoms with Crippen molar-refractivity contribution < 1.29 is 14.3 Å². The Balaban J connectivity index is 0.00000264. The van der Waals surface area contributed by atoms with Crippen LogP contribution in [-0.4, -0.2) is 56.7 Å². The molecule has 1 fully saturated rings. The maximum atomic E-state index is 12.0. The average molecular weight is 343 g/mol. The van der Waals surface area contributed by atoms with Crippen LogP contribution in [0.5, 0.6) is 0 Å². The van der Waals surface area contributed by atoms with Crippen molar-refractivity contribution in [1.29, 1.82) is 0 Å². The Labute approximate surface area is 142 Å². The van der Waals surface area contributed by atoms with E-state index in [-0.39, 0.29) is 30.4 Å². The summed E-state index contributed by atoms with van der Waals surface area (Å²) in [7, 11) is 3.36. The second-order valence-corrected chi connectivity index (χ2v) is 5.32. The minimum Gasteiger partial charge on any atom is -0.378 e. The van der Waals surface area contributed by atoms with E-state index in [1.165, 1.54) is 4.90 Å². The van der Waals surface area contributed by atoms with Crippen molar-refractivity contribution in [2.45, 2.75) is 12.6 Å². The van der Waals surface area contributed by atoms with Crippen molar-refractivity contribution in [1.82, 2.24) is 15.5 Å². The number of amides is 3. The molecule has 0 aliphatic carbocycles. The number of nitrogens with zero attached hydrogens (tertiary/aromatic N) is 1. The van der Waals surface area contributed by atoms with E-state index in [0.29, 0.717) is 32.0 Å². The molecule has 0 radical (unpaired) electrons. The van der Waals surface area contributed by atoms with Crippen molar-refractivity contribution in [2.75, 3.05) is 39.2 Å². The molecule has 1 saturated heterocycles. The van der Waals surface area contributed by atoms with Crippen LogP contribution in [0.3, 0.4) is 0 Å². The highest BCUT2D eigenvalue weighted by molar-refractivity contribution is 5.89. The van der Waals surface area contributed by atoms with E-state index in [1.54, 1.807) is 14.1 Å². The van der Waals surface area contributed by atoms with Crippen molar-refractivity contribution in [3.05, 3.63) is 29.8 Å². The lowest BCUT2D eigenvalue weighted by atomic mass is 10.2. The van der Waals surface area contributed by atoms with Gasteiger partial charge in [0, 0.05) is 32.9 Å². The summed E-state index contributed by atoms with van der Waals surface area (Å²) in [6, 6.07) is 6.90. The Hall–Kier alpha value is -1.83. The molecule has 23 heavy (non-hydrogen) atoms. The van der Waals surface area contributed by atoms with Gasteiger partial charge in [0.25, 0.3) is 0 Å². The molecule has 0 aromatic heterocycles.